The summed E-state index contributed by atoms with van der Waals surface area (Å²) in [5.41, 5.74) is 3.49. The van der Waals surface area contributed by atoms with Gasteiger partial charge in [-0.25, -0.2) is 18.4 Å². The molecule has 0 spiro atoms. The van der Waals surface area contributed by atoms with Crippen LogP contribution in [0.4, 0.5) is 5.69 Å². The molecule has 0 saturated heterocycles. The van der Waals surface area contributed by atoms with Gasteiger partial charge in [0.25, 0.3) is 0 Å². The molecule has 0 aromatic carbocycles. The zero-order chi connectivity index (χ0) is 13.2. The van der Waals surface area contributed by atoms with E-state index in [9.17, 15) is 8.42 Å². The second-order valence-electron chi connectivity index (χ2n) is 3.94. The average Bonchev–Trinajstić information content (AvgIpc) is 2.82. The number of hydrogen-bond donors (Lipinski definition) is 1. The van der Waals surface area contributed by atoms with E-state index in [4.69, 9.17) is 0 Å². The van der Waals surface area contributed by atoms with Crippen molar-refractivity contribution >= 4 is 26.9 Å². The van der Waals surface area contributed by atoms with E-state index in [0.717, 1.165) is 17.6 Å². The predicted molar refractivity (Wildman–Crippen MR) is 71.5 cm³/mol. The molecule has 0 aliphatic carbocycles. The van der Waals surface area contributed by atoms with Crippen molar-refractivity contribution in [1.29, 1.82) is 0 Å². The summed E-state index contributed by atoms with van der Waals surface area (Å²) in [4.78, 5) is 8.12. The Hall–Kier alpha value is -1.47. The maximum Gasteiger partial charge on any atom is 0.192 e. The number of nitrogens with zero attached hydrogens (tertiary/aromatic N) is 2. The Bertz CT molecular complexity index is 606. The molecule has 96 valence electrons. The lowest BCUT2D eigenvalue weighted by molar-refractivity contribution is 0.598. The van der Waals surface area contributed by atoms with Crippen LogP contribution in [-0.2, 0) is 9.84 Å². The standard InChI is InChI=1S/C11H13N3O2S2/c1-8(10-6-17-7-13-10)14-9-3-4-11(12-5-9)18(2,15)16/h3-8,14H,1-2H3. The lowest BCUT2D eigenvalue weighted by Crippen LogP contribution is -2.08. The summed E-state index contributed by atoms with van der Waals surface area (Å²) in [7, 11) is -3.24. The third-order valence-electron chi connectivity index (χ3n) is 2.39. The molecule has 0 radical (unpaired) electrons. The second kappa shape index (κ2) is 5.03. The molecule has 18 heavy (non-hydrogen) atoms. The summed E-state index contributed by atoms with van der Waals surface area (Å²) in [6.45, 7) is 1.99. The fraction of sp³-hybridized carbons (Fsp3) is 0.273. The second-order valence-corrected chi connectivity index (χ2v) is 6.62. The predicted octanol–water partition coefficient (Wildman–Crippen LogP) is 2.11. The molecule has 1 atom stereocenters. The van der Waals surface area contributed by atoms with E-state index >= 15 is 0 Å². The lowest BCUT2D eigenvalue weighted by atomic mass is 10.2. The van der Waals surface area contributed by atoms with E-state index in [1.165, 1.54) is 23.6 Å². The van der Waals surface area contributed by atoms with Crippen molar-refractivity contribution in [2.75, 3.05) is 11.6 Å². The van der Waals surface area contributed by atoms with Crippen molar-refractivity contribution in [3.63, 3.8) is 0 Å². The van der Waals surface area contributed by atoms with Crippen molar-refractivity contribution in [3.8, 4) is 0 Å². The van der Waals surface area contributed by atoms with Gasteiger partial charge in [0.05, 0.1) is 29.1 Å². The van der Waals surface area contributed by atoms with Gasteiger partial charge in [0.15, 0.2) is 14.9 Å². The lowest BCUT2D eigenvalue weighted by Gasteiger charge is -2.12. The third kappa shape index (κ3) is 3.05. The van der Waals surface area contributed by atoms with Crippen LogP contribution >= 0.6 is 11.3 Å². The topological polar surface area (TPSA) is 72.0 Å². The quantitative estimate of drug-likeness (QED) is 0.930. The van der Waals surface area contributed by atoms with Gasteiger partial charge < -0.3 is 5.32 Å². The minimum absolute atomic E-state index is 0.0575. The molecule has 0 bridgehead atoms. The minimum Gasteiger partial charge on any atom is -0.376 e. The van der Waals surface area contributed by atoms with Crippen LogP contribution in [0.25, 0.3) is 0 Å². The van der Waals surface area contributed by atoms with E-state index in [0.29, 0.717) is 0 Å². The molecule has 1 unspecified atom stereocenters. The highest BCUT2D eigenvalue weighted by molar-refractivity contribution is 7.90. The number of anilines is 1. The van der Waals surface area contributed by atoms with Crippen LogP contribution < -0.4 is 5.32 Å². The van der Waals surface area contributed by atoms with Gasteiger partial charge in [-0.1, -0.05) is 0 Å². The molecule has 2 aromatic heterocycles. The van der Waals surface area contributed by atoms with Gasteiger partial charge >= 0.3 is 0 Å². The fourth-order valence-corrected chi connectivity index (χ4v) is 2.65. The van der Waals surface area contributed by atoms with Gasteiger partial charge in [0.2, 0.25) is 0 Å². The summed E-state index contributed by atoms with van der Waals surface area (Å²) in [5.74, 6) is 0. The molecule has 0 saturated carbocycles. The number of rotatable bonds is 4. The Morgan fingerprint density at radius 2 is 2.11 bits per heavy atom. The molecule has 2 rings (SSSR count). The van der Waals surface area contributed by atoms with E-state index in [1.807, 2.05) is 12.3 Å². The maximum atomic E-state index is 11.3. The number of thiazole rings is 1. The normalized spacial score (nSPS) is 13.2. The first kappa shape index (κ1) is 13.0. The Kier molecular flexibility index (Phi) is 3.63. The largest absolute Gasteiger partial charge is 0.376 e. The van der Waals surface area contributed by atoms with Gasteiger partial charge in [-0.3, -0.25) is 0 Å². The maximum absolute atomic E-state index is 11.3. The third-order valence-corrected chi connectivity index (χ3v) is 4.00. The summed E-state index contributed by atoms with van der Waals surface area (Å²) in [6, 6.07) is 3.25. The first-order valence-electron chi connectivity index (χ1n) is 5.27. The Morgan fingerprint density at radius 1 is 1.33 bits per heavy atom. The van der Waals surface area contributed by atoms with Crippen molar-refractivity contribution in [2.45, 2.75) is 18.0 Å². The van der Waals surface area contributed by atoms with E-state index in [2.05, 4.69) is 15.3 Å². The molecule has 1 N–H and O–H groups in total. The van der Waals surface area contributed by atoms with Crippen molar-refractivity contribution < 1.29 is 8.42 Å². The molecule has 2 heterocycles. The first-order chi connectivity index (χ1) is 8.47. The molecule has 7 heteroatoms. The summed E-state index contributed by atoms with van der Waals surface area (Å²) in [6.07, 6.45) is 2.65. The highest BCUT2D eigenvalue weighted by Gasteiger charge is 2.10. The number of hydrogen-bond acceptors (Lipinski definition) is 6. The molecular weight excluding hydrogens is 270 g/mol. The first-order valence-corrected chi connectivity index (χ1v) is 8.11. The van der Waals surface area contributed by atoms with E-state index < -0.39 is 9.84 Å². The number of nitrogens with one attached hydrogen (secondary N) is 1. The van der Waals surface area contributed by atoms with Crippen LogP contribution in [0.2, 0.25) is 0 Å². The van der Waals surface area contributed by atoms with Gasteiger partial charge in [-0.05, 0) is 19.1 Å². The van der Waals surface area contributed by atoms with Gasteiger partial charge in [0, 0.05) is 11.6 Å². The smallest absolute Gasteiger partial charge is 0.192 e. The Balaban J connectivity index is 2.12. The number of pyridine rings is 1. The summed E-state index contributed by atoms with van der Waals surface area (Å²) < 4.78 is 22.5. The van der Waals surface area contributed by atoms with Crippen LogP contribution in [0, 0.1) is 0 Å². The van der Waals surface area contributed by atoms with Crippen molar-refractivity contribution in [2.24, 2.45) is 0 Å². The Morgan fingerprint density at radius 3 is 2.61 bits per heavy atom. The molecule has 2 aromatic rings. The molecule has 0 aliphatic rings. The summed E-state index contributed by atoms with van der Waals surface area (Å²) in [5, 5.41) is 5.26. The monoisotopic (exact) mass is 283 g/mol. The zero-order valence-electron chi connectivity index (χ0n) is 9.99. The van der Waals surface area contributed by atoms with Crippen LogP contribution in [0.1, 0.15) is 18.7 Å². The van der Waals surface area contributed by atoms with Crippen LogP contribution in [-0.4, -0.2) is 24.6 Å². The minimum atomic E-state index is -3.24. The fourth-order valence-electron chi connectivity index (χ4n) is 1.44. The van der Waals surface area contributed by atoms with Gasteiger partial charge in [-0.2, -0.15) is 0 Å². The van der Waals surface area contributed by atoms with Gasteiger partial charge in [-0.15, -0.1) is 11.3 Å². The Labute approximate surface area is 110 Å². The van der Waals surface area contributed by atoms with Crippen LogP contribution in [0.5, 0.6) is 0 Å². The SMILES string of the molecule is CC(Nc1ccc(S(C)(=O)=O)nc1)c1cscn1. The number of aromatic nitrogens is 2. The highest BCUT2D eigenvalue weighted by atomic mass is 32.2. The molecule has 5 nitrogen and oxygen atoms in total. The highest BCUT2D eigenvalue weighted by Crippen LogP contribution is 2.19. The zero-order valence-corrected chi connectivity index (χ0v) is 11.6. The summed E-state index contributed by atoms with van der Waals surface area (Å²) >= 11 is 1.54. The number of sulfone groups is 1. The molecule has 0 fully saturated rings. The van der Waals surface area contributed by atoms with Crippen LogP contribution in [0.15, 0.2) is 34.2 Å². The van der Waals surface area contributed by atoms with E-state index in [-0.39, 0.29) is 11.1 Å². The molecular formula is C11H13N3O2S2. The van der Waals surface area contributed by atoms with Crippen molar-refractivity contribution in [3.05, 3.63) is 34.9 Å². The van der Waals surface area contributed by atoms with Crippen LogP contribution in [0.3, 0.4) is 0 Å². The molecule has 0 aliphatic heterocycles. The molecule has 0 amide bonds. The van der Waals surface area contributed by atoms with E-state index in [1.54, 1.807) is 11.6 Å². The van der Waals surface area contributed by atoms with Crippen molar-refractivity contribution in [1.82, 2.24) is 9.97 Å². The average molecular weight is 283 g/mol. The van der Waals surface area contributed by atoms with Gasteiger partial charge in [0.1, 0.15) is 0 Å².